The summed E-state index contributed by atoms with van der Waals surface area (Å²) in [6.45, 7) is 3.32. The first-order valence-electron chi connectivity index (χ1n) is 7.49. The van der Waals surface area contributed by atoms with Crippen molar-refractivity contribution < 1.29 is 9.53 Å². The fraction of sp³-hybridized carbons (Fsp3) is 0.438. The molecule has 1 aromatic carbocycles. The van der Waals surface area contributed by atoms with Gasteiger partial charge in [-0.05, 0) is 31.4 Å². The van der Waals surface area contributed by atoms with Gasteiger partial charge in [0, 0.05) is 37.4 Å². The number of benzene rings is 1. The molecular formula is C16H20N4O2. The van der Waals surface area contributed by atoms with Gasteiger partial charge in [0.15, 0.2) is 5.82 Å². The summed E-state index contributed by atoms with van der Waals surface area (Å²) in [5, 5.41) is 11.1. The maximum absolute atomic E-state index is 12.4. The highest BCUT2D eigenvalue weighted by Gasteiger charge is 2.22. The molecule has 6 nitrogen and oxygen atoms in total. The van der Waals surface area contributed by atoms with Crippen LogP contribution >= 0.6 is 0 Å². The van der Waals surface area contributed by atoms with Crippen molar-refractivity contribution in [2.45, 2.75) is 19.8 Å². The molecule has 1 amide bonds. The van der Waals surface area contributed by atoms with Gasteiger partial charge in [-0.1, -0.05) is 12.1 Å². The zero-order chi connectivity index (χ0) is 15.5. The van der Waals surface area contributed by atoms with Gasteiger partial charge in [-0.25, -0.2) is 0 Å². The van der Waals surface area contributed by atoms with Crippen LogP contribution in [0.2, 0.25) is 0 Å². The number of anilines is 1. The van der Waals surface area contributed by atoms with Crippen LogP contribution in [0.3, 0.4) is 0 Å². The van der Waals surface area contributed by atoms with Crippen molar-refractivity contribution in [3.8, 4) is 11.4 Å². The summed E-state index contributed by atoms with van der Waals surface area (Å²) in [4.78, 5) is 12.4. The Morgan fingerprint density at radius 2 is 2.14 bits per heavy atom. The van der Waals surface area contributed by atoms with Gasteiger partial charge in [0.25, 0.3) is 0 Å². The van der Waals surface area contributed by atoms with Gasteiger partial charge in [0.2, 0.25) is 5.91 Å². The number of hydrogen-bond donors (Lipinski definition) is 1. The molecule has 3 rings (SSSR count). The van der Waals surface area contributed by atoms with E-state index in [-0.39, 0.29) is 11.8 Å². The van der Waals surface area contributed by atoms with E-state index in [1.165, 1.54) is 0 Å². The number of ether oxygens (including phenoxy) is 1. The molecule has 22 heavy (non-hydrogen) atoms. The largest absolute Gasteiger partial charge is 0.381 e. The summed E-state index contributed by atoms with van der Waals surface area (Å²) in [6.07, 6.45) is 3.24. The van der Waals surface area contributed by atoms with Gasteiger partial charge in [0.1, 0.15) is 6.33 Å². The molecule has 1 fully saturated rings. The molecular weight excluding hydrogens is 280 g/mol. The Morgan fingerprint density at radius 3 is 2.82 bits per heavy atom. The van der Waals surface area contributed by atoms with Gasteiger partial charge in [-0.2, -0.15) is 0 Å². The molecule has 2 aromatic rings. The quantitative estimate of drug-likeness (QED) is 0.943. The highest BCUT2D eigenvalue weighted by molar-refractivity contribution is 5.94. The Balaban J connectivity index is 1.83. The van der Waals surface area contributed by atoms with E-state index in [9.17, 15) is 4.79 Å². The van der Waals surface area contributed by atoms with Crippen molar-refractivity contribution in [2.75, 3.05) is 18.5 Å². The summed E-state index contributed by atoms with van der Waals surface area (Å²) in [5.41, 5.74) is 2.81. The number of carbonyl (C=O) groups excluding carboxylic acids is 1. The number of nitrogens with zero attached hydrogens (tertiary/aromatic N) is 3. The van der Waals surface area contributed by atoms with E-state index in [0.29, 0.717) is 13.2 Å². The van der Waals surface area contributed by atoms with Crippen LogP contribution in [0.15, 0.2) is 24.5 Å². The van der Waals surface area contributed by atoms with Crippen molar-refractivity contribution in [3.63, 3.8) is 0 Å². The number of hydrogen-bond acceptors (Lipinski definition) is 4. The Labute approximate surface area is 129 Å². The van der Waals surface area contributed by atoms with E-state index >= 15 is 0 Å². The van der Waals surface area contributed by atoms with Crippen LogP contribution in [0.1, 0.15) is 18.4 Å². The van der Waals surface area contributed by atoms with Crippen molar-refractivity contribution in [3.05, 3.63) is 30.1 Å². The Bertz CT molecular complexity index is 675. The molecule has 1 aromatic heterocycles. The highest BCUT2D eigenvalue weighted by Crippen LogP contribution is 2.27. The first-order valence-corrected chi connectivity index (χ1v) is 7.49. The second kappa shape index (κ2) is 6.27. The zero-order valence-electron chi connectivity index (χ0n) is 12.9. The number of aromatic nitrogens is 3. The zero-order valence-corrected chi connectivity index (χ0v) is 12.9. The summed E-state index contributed by atoms with van der Waals surface area (Å²) >= 11 is 0. The van der Waals surface area contributed by atoms with Crippen molar-refractivity contribution in [1.82, 2.24) is 14.8 Å². The second-order valence-corrected chi connectivity index (χ2v) is 5.62. The van der Waals surface area contributed by atoms with Crippen LogP contribution in [0, 0.1) is 12.8 Å². The van der Waals surface area contributed by atoms with Gasteiger partial charge < -0.3 is 14.6 Å². The minimum Gasteiger partial charge on any atom is -0.381 e. The molecule has 0 aliphatic carbocycles. The van der Waals surface area contributed by atoms with Gasteiger partial charge in [-0.3, -0.25) is 4.79 Å². The maximum atomic E-state index is 12.4. The molecule has 6 heteroatoms. The minimum atomic E-state index is 0.0339. The van der Waals surface area contributed by atoms with Crippen molar-refractivity contribution in [2.24, 2.45) is 13.0 Å². The number of rotatable bonds is 3. The third-order valence-corrected chi connectivity index (χ3v) is 4.14. The van der Waals surface area contributed by atoms with Crippen LogP contribution in [0.4, 0.5) is 5.69 Å². The van der Waals surface area contributed by atoms with Crippen LogP contribution in [0.5, 0.6) is 0 Å². The van der Waals surface area contributed by atoms with Crippen LogP contribution in [0.25, 0.3) is 11.4 Å². The lowest BCUT2D eigenvalue weighted by Gasteiger charge is -2.22. The number of aryl methyl sites for hydroxylation is 1. The normalized spacial score (nSPS) is 15.7. The molecule has 1 N–H and O–H groups in total. The van der Waals surface area contributed by atoms with Crippen molar-refractivity contribution >= 4 is 11.6 Å². The van der Waals surface area contributed by atoms with Crippen LogP contribution < -0.4 is 5.32 Å². The number of carbonyl (C=O) groups is 1. The molecule has 1 aliphatic rings. The van der Waals surface area contributed by atoms with E-state index < -0.39 is 0 Å². The minimum absolute atomic E-state index is 0.0339. The Hall–Kier alpha value is -2.21. The molecule has 1 aliphatic heterocycles. The fourth-order valence-corrected chi connectivity index (χ4v) is 2.73. The molecule has 0 saturated carbocycles. The summed E-state index contributed by atoms with van der Waals surface area (Å²) < 4.78 is 7.17. The van der Waals surface area contributed by atoms with E-state index in [0.717, 1.165) is 35.5 Å². The van der Waals surface area contributed by atoms with Gasteiger partial charge in [0.05, 0.1) is 0 Å². The summed E-state index contributed by atoms with van der Waals surface area (Å²) in [7, 11) is 1.90. The third-order valence-electron chi connectivity index (χ3n) is 4.14. The second-order valence-electron chi connectivity index (χ2n) is 5.62. The lowest BCUT2D eigenvalue weighted by molar-refractivity contribution is -0.122. The van der Waals surface area contributed by atoms with Crippen LogP contribution in [-0.2, 0) is 16.6 Å². The predicted molar refractivity (Wildman–Crippen MR) is 83.3 cm³/mol. The Kier molecular flexibility index (Phi) is 4.20. The van der Waals surface area contributed by atoms with E-state index in [2.05, 4.69) is 15.5 Å². The van der Waals surface area contributed by atoms with E-state index in [1.54, 1.807) is 6.33 Å². The predicted octanol–water partition coefficient (Wildman–Crippen LogP) is 2.16. The van der Waals surface area contributed by atoms with Gasteiger partial charge >= 0.3 is 0 Å². The molecule has 0 bridgehead atoms. The lowest BCUT2D eigenvalue weighted by Crippen LogP contribution is -2.28. The lowest BCUT2D eigenvalue weighted by atomic mass is 9.98. The van der Waals surface area contributed by atoms with Crippen LogP contribution in [-0.4, -0.2) is 33.9 Å². The summed E-state index contributed by atoms with van der Waals surface area (Å²) in [6, 6.07) is 5.84. The highest BCUT2D eigenvalue weighted by atomic mass is 16.5. The topological polar surface area (TPSA) is 69.0 Å². The third kappa shape index (κ3) is 2.87. The maximum Gasteiger partial charge on any atom is 0.227 e. The van der Waals surface area contributed by atoms with Gasteiger partial charge in [-0.15, -0.1) is 10.2 Å². The first kappa shape index (κ1) is 14.7. The average Bonchev–Trinajstić information content (AvgIpc) is 2.96. The molecule has 0 unspecified atom stereocenters. The fourth-order valence-electron chi connectivity index (χ4n) is 2.73. The van der Waals surface area contributed by atoms with Crippen molar-refractivity contribution in [1.29, 1.82) is 0 Å². The first-order chi connectivity index (χ1) is 10.7. The number of amides is 1. The van der Waals surface area contributed by atoms with E-state index in [1.807, 2.05) is 36.7 Å². The Morgan fingerprint density at radius 1 is 1.36 bits per heavy atom. The SMILES string of the molecule is Cc1c(NC(=O)C2CCOCC2)cccc1-c1nncn1C. The molecule has 0 radical (unpaired) electrons. The molecule has 1 saturated heterocycles. The molecule has 116 valence electrons. The smallest absolute Gasteiger partial charge is 0.227 e. The summed E-state index contributed by atoms with van der Waals surface area (Å²) in [5.74, 6) is 0.896. The average molecular weight is 300 g/mol. The standard InChI is InChI=1S/C16H20N4O2/c1-11-13(15-19-17-10-20(15)2)4-3-5-14(11)18-16(21)12-6-8-22-9-7-12/h3-5,10,12H,6-9H2,1-2H3,(H,18,21). The van der Waals surface area contributed by atoms with E-state index in [4.69, 9.17) is 4.74 Å². The molecule has 0 spiro atoms. The molecule has 2 heterocycles. The number of nitrogens with one attached hydrogen (secondary N) is 1. The monoisotopic (exact) mass is 300 g/mol. The molecule has 0 atom stereocenters.